The van der Waals surface area contributed by atoms with Gasteiger partial charge in [0.1, 0.15) is 5.75 Å². The van der Waals surface area contributed by atoms with Crippen molar-refractivity contribution in [3.8, 4) is 5.75 Å². The molecule has 28 heavy (non-hydrogen) atoms. The van der Waals surface area contributed by atoms with E-state index in [0.29, 0.717) is 10.8 Å². The van der Waals surface area contributed by atoms with Gasteiger partial charge in [-0.15, -0.1) is 0 Å². The molecule has 3 rings (SSSR count). The first-order valence-electron chi connectivity index (χ1n) is 9.87. The molecule has 0 spiro atoms. The lowest BCUT2D eigenvalue weighted by atomic mass is 9.79. The minimum atomic E-state index is -0.228. The van der Waals surface area contributed by atoms with Gasteiger partial charge in [0.15, 0.2) is 0 Å². The first-order valence-corrected chi connectivity index (χ1v) is 10.7. The Kier molecular flexibility index (Phi) is 5.54. The number of amides is 2. The number of methoxy groups -OCH3 is 1. The first kappa shape index (κ1) is 20.8. The van der Waals surface area contributed by atoms with E-state index in [9.17, 15) is 9.59 Å². The van der Waals surface area contributed by atoms with Crippen LogP contribution in [-0.4, -0.2) is 41.3 Å². The second kappa shape index (κ2) is 7.47. The fourth-order valence-corrected chi connectivity index (χ4v) is 5.43. The van der Waals surface area contributed by atoms with Crippen molar-refractivity contribution >= 4 is 34.7 Å². The average molecular weight is 403 g/mol. The van der Waals surface area contributed by atoms with Crippen molar-refractivity contribution in [3.05, 3.63) is 28.2 Å². The number of hydrogen-bond acceptors (Lipinski definition) is 5. The van der Waals surface area contributed by atoms with Crippen molar-refractivity contribution in [1.29, 1.82) is 0 Å². The fourth-order valence-electron chi connectivity index (χ4n) is 4.48. The van der Waals surface area contributed by atoms with Crippen LogP contribution in [0.15, 0.2) is 17.0 Å². The number of carbonyl (C=O) groups is 2. The molecule has 2 heterocycles. The van der Waals surface area contributed by atoms with E-state index < -0.39 is 0 Å². The van der Waals surface area contributed by atoms with E-state index in [0.717, 1.165) is 36.0 Å². The van der Waals surface area contributed by atoms with E-state index >= 15 is 0 Å². The Hall–Kier alpha value is -1.95. The van der Waals surface area contributed by atoms with E-state index in [1.54, 1.807) is 13.2 Å². The molecule has 0 saturated carbocycles. The maximum Gasteiger partial charge on any atom is 0.293 e. The van der Waals surface area contributed by atoms with Gasteiger partial charge in [-0.05, 0) is 76.4 Å². The predicted molar refractivity (Wildman–Crippen MR) is 116 cm³/mol. The van der Waals surface area contributed by atoms with Gasteiger partial charge < -0.3 is 9.64 Å². The standard InChI is InChI=1S/C22H30N2O3S/c1-8-23-17-11-18(27-7)15(9-16(17)14(4)12-22(23,5)6)10-19-20(25)24(13(2)3)21(26)28-19/h9-11,13-14H,8,12H2,1-7H3/b19-10+. The highest BCUT2D eigenvalue weighted by atomic mass is 32.2. The van der Waals surface area contributed by atoms with Gasteiger partial charge in [-0.1, -0.05) is 6.92 Å². The van der Waals surface area contributed by atoms with Crippen molar-refractivity contribution in [2.75, 3.05) is 18.6 Å². The molecule has 1 atom stereocenters. The Labute approximate surface area is 172 Å². The van der Waals surface area contributed by atoms with Crippen LogP contribution in [0.4, 0.5) is 10.5 Å². The lowest BCUT2D eigenvalue weighted by molar-refractivity contribution is -0.123. The molecule has 1 aromatic carbocycles. The van der Waals surface area contributed by atoms with Crippen LogP contribution in [0, 0.1) is 0 Å². The molecule has 1 unspecified atom stereocenters. The molecule has 0 aliphatic carbocycles. The molecule has 1 fully saturated rings. The van der Waals surface area contributed by atoms with E-state index in [4.69, 9.17) is 4.74 Å². The van der Waals surface area contributed by atoms with Crippen molar-refractivity contribution in [1.82, 2.24) is 4.90 Å². The second-order valence-corrected chi connectivity index (χ2v) is 9.45. The first-order chi connectivity index (χ1) is 13.1. The smallest absolute Gasteiger partial charge is 0.293 e. The Morgan fingerprint density at radius 1 is 1.32 bits per heavy atom. The molecule has 0 radical (unpaired) electrons. The number of fused-ring (bicyclic) bond motifs is 1. The SMILES string of the molecule is CCN1c2cc(OC)c(/C=C3/SC(=O)N(C(C)C)C3=O)cc2C(C)CC1(C)C. The van der Waals surface area contributed by atoms with E-state index in [1.165, 1.54) is 16.2 Å². The molecule has 1 aromatic rings. The van der Waals surface area contributed by atoms with Gasteiger partial charge in [0, 0.05) is 35.4 Å². The molecule has 0 N–H and O–H groups in total. The third-order valence-corrected chi connectivity index (χ3v) is 6.56. The summed E-state index contributed by atoms with van der Waals surface area (Å²) in [5, 5.41) is -0.213. The molecule has 6 heteroatoms. The minimum absolute atomic E-state index is 0.0770. The quantitative estimate of drug-likeness (QED) is 0.644. The summed E-state index contributed by atoms with van der Waals surface area (Å²) in [6.45, 7) is 13.6. The molecule has 2 aliphatic heterocycles. The molecule has 0 bridgehead atoms. The zero-order valence-corrected chi connectivity index (χ0v) is 18.6. The van der Waals surface area contributed by atoms with Crippen LogP contribution in [0.1, 0.15) is 65.0 Å². The number of imide groups is 1. The highest BCUT2D eigenvalue weighted by Crippen LogP contribution is 2.46. The van der Waals surface area contributed by atoms with Crippen molar-refractivity contribution in [2.24, 2.45) is 0 Å². The number of benzene rings is 1. The Morgan fingerprint density at radius 2 is 2.00 bits per heavy atom. The minimum Gasteiger partial charge on any atom is -0.496 e. The molecule has 0 aromatic heterocycles. The maximum atomic E-state index is 12.7. The van der Waals surface area contributed by atoms with Gasteiger partial charge in [-0.2, -0.15) is 0 Å². The van der Waals surface area contributed by atoms with Gasteiger partial charge in [0.2, 0.25) is 0 Å². The van der Waals surface area contributed by atoms with Gasteiger partial charge in [0.25, 0.3) is 11.1 Å². The third kappa shape index (κ3) is 3.43. The normalized spacial score (nSPS) is 23.0. The van der Waals surface area contributed by atoms with Crippen molar-refractivity contribution < 1.29 is 14.3 Å². The lowest BCUT2D eigenvalue weighted by Gasteiger charge is -2.47. The largest absolute Gasteiger partial charge is 0.496 e. The Bertz CT molecular complexity index is 844. The zero-order valence-electron chi connectivity index (χ0n) is 17.8. The topological polar surface area (TPSA) is 49.9 Å². The van der Waals surface area contributed by atoms with Gasteiger partial charge in [-0.3, -0.25) is 14.5 Å². The summed E-state index contributed by atoms with van der Waals surface area (Å²) in [5.74, 6) is 0.893. The van der Waals surface area contributed by atoms with Gasteiger partial charge >= 0.3 is 0 Å². The van der Waals surface area contributed by atoms with E-state index in [-0.39, 0.29) is 22.7 Å². The van der Waals surface area contributed by atoms with Crippen LogP contribution in [0.2, 0.25) is 0 Å². The Balaban J connectivity index is 2.09. The van der Waals surface area contributed by atoms with Gasteiger partial charge in [-0.25, -0.2) is 0 Å². The van der Waals surface area contributed by atoms with Crippen LogP contribution in [0.25, 0.3) is 6.08 Å². The molecular formula is C22H30N2O3S. The molecule has 2 amide bonds. The number of anilines is 1. The second-order valence-electron chi connectivity index (χ2n) is 8.46. The number of carbonyl (C=O) groups excluding carboxylic acids is 2. The number of rotatable bonds is 4. The third-order valence-electron chi connectivity index (χ3n) is 5.68. The van der Waals surface area contributed by atoms with E-state index in [2.05, 4.69) is 44.7 Å². The Morgan fingerprint density at radius 3 is 2.54 bits per heavy atom. The van der Waals surface area contributed by atoms with E-state index in [1.807, 2.05) is 13.8 Å². The maximum absolute atomic E-state index is 12.7. The zero-order chi connectivity index (χ0) is 20.8. The molecule has 5 nitrogen and oxygen atoms in total. The lowest BCUT2D eigenvalue weighted by Crippen LogP contribution is -2.48. The van der Waals surface area contributed by atoms with Gasteiger partial charge in [0.05, 0.1) is 12.0 Å². The van der Waals surface area contributed by atoms with Crippen LogP contribution >= 0.6 is 11.8 Å². The molecular weight excluding hydrogens is 372 g/mol. The highest BCUT2D eigenvalue weighted by molar-refractivity contribution is 8.18. The monoisotopic (exact) mass is 402 g/mol. The van der Waals surface area contributed by atoms with Crippen LogP contribution < -0.4 is 9.64 Å². The van der Waals surface area contributed by atoms with Crippen molar-refractivity contribution in [3.63, 3.8) is 0 Å². The summed E-state index contributed by atoms with van der Waals surface area (Å²) in [4.78, 5) is 29.1. The number of ether oxygens (including phenoxy) is 1. The molecule has 2 aliphatic rings. The summed E-state index contributed by atoms with van der Waals surface area (Å²) >= 11 is 1.000. The number of hydrogen-bond donors (Lipinski definition) is 0. The number of nitrogens with zero attached hydrogens (tertiary/aromatic N) is 2. The molecule has 152 valence electrons. The predicted octanol–water partition coefficient (Wildman–Crippen LogP) is 5.25. The summed E-state index contributed by atoms with van der Waals surface area (Å²) < 4.78 is 5.66. The van der Waals surface area contributed by atoms with Crippen LogP contribution in [0.3, 0.4) is 0 Å². The van der Waals surface area contributed by atoms with Crippen LogP contribution in [-0.2, 0) is 4.79 Å². The fraction of sp³-hybridized carbons (Fsp3) is 0.545. The number of thioether (sulfide) groups is 1. The van der Waals surface area contributed by atoms with Crippen molar-refractivity contribution in [2.45, 2.75) is 65.5 Å². The van der Waals surface area contributed by atoms with Crippen LogP contribution in [0.5, 0.6) is 5.75 Å². The highest BCUT2D eigenvalue weighted by Gasteiger charge is 2.38. The molecule has 1 saturated heterocycles. The summed E-state index contributed by atoms with van der Waals surface area (Å²) in [5.41, 5.74) is 3.37. The summed E-state index contributed by atoms with van der Waals surface area (Å²) in [6.07, 6.45) is 2.86. The summed E-state index contributed by atoms with van der Waals surface area (Å²) in [7, 11) is 1.65. The average Bonchev–Trinajstić information content (AvgIpc) is 2.88. The summed E-state index contributed by atoms with van der Waals surface area (Å²) in [6, 6.07) is 4.05.